The van der Waals surface area contributed by atoms with Gasteiger partial charge in [-0.25, -0.2) is 0 Å². The molecule has 0 atom stereocenters. The van der Waals surface area contributed by atoms with E-state index in [1.165, 1.54) is 0 Å². The molecule has 0 aromatic carbocycles. The molecule has 0 aromatic heterocycles. The fraction of sp³-hybridized carbons (Fsp3) is 0.500. The van der Waals surface area contributed by atoms with E-state index in [0.717, 1.165) is 5.88 Å². The van der Waals surface area contributed by atoms with Crippen LogP contribution in [0.1, 0.15) is 0 Å². The van der Waals surface area contributed by atoms with Crippen LogP contribution in [0.2, 0.25) is 0 Å². The lowest BCUT2D eigenvalue weighted by atomic mass is 10.4. The van der Waals surface area contributed by atoms with Gasteiger partial charge in [-0.05, 0) is 0 Å². The highest BCUT2D eigenvalue weighted by molar-refractivity contribution is 8.02. The Bertz CT molecular complexity index is 192. The van der Waals surface area contributed by atoms with Crippen molar-refractivity contribution in [1.29, 1.82) is 0 Å². The Kier molecular flexibility index (Phi) is 2.78. The summed E-state index contributed by atoms with van der Waals surface area (Å²) in [5.41, 5.74) is 11.0. The second-order valence-corrected chi connectivity index (χ2v) is 3.04. The van der Waals surface area contributed by atoms with Crippen molar-refractivity contribution in [2.45, 2.75) is 0 Å². The molecule has 0 spiro atoms. The van der Waals surface area contributed by atoms with Gasteiger partial charge in [0.25, 0.3) is 5.91 Å². The number of primary amides is 1. The van der Waals surface area contributed by atoms with Gasteiger partial charge < -0.3 is 16.4 Å². The molecule has 0 saturated heterocycles. The van der Waals surface area contributed by atoms with Crippen LogP contribution >= 0.6 is 11.8 Å². The topological polar surface area (TPSA) is 72.3 Å². The predicted molar refractivity (Wildman–Crippen MR) is 45.5 cm³/mol. The smallest absolute Gasteiger partial charge is 0.265 e. The molecule has 1 rings (SSSR count). The largest absolute Gasteiger partial charge is 0.364 e. The Morgan fingerprint density at radius 2 is 2.55 bits per heavy atom. The quantitative estimate of drug-likeness (QED) is 0.590. The van der Waals surface area contributed by atoms with E-state index in [1.54, 1.807) is 17.2 Å². The number of amides is 1. The molecule has 0 bridgehead atoms. The maximum absolute atomic E-state index is 10.7. The van der Waals surface area contributed by atoms with Gasteiger partial charge in [-0.2, -0.15) is 0 Å². The van der Waals surface area contributed by atoms with E-state index in [1.807, 2.05) is 4.90 Å². The van der Waals surface area contributed by atoms with E-state index in [-0.39, 0.29) is 5.91 Å². The van der Waals surface area contributed by atoms with Crippen LogP contribution in [0.15, 0.2) is 11.1 Å². The lowest BCUT2D eigenvalue weighted by Gasteiger charge is -2.17. The zero-order valence-electron chi connectivity index (χ0n) is 6.12. The van der Waals surface area contributed by atoms with Crippen molar-refractivity contribution in [2.24, 2.45) is 11.5 Å². The van der Waals surface area contributed by atoms with Crippen molar-refractivity contribution in [3.63, 3.8) is 0 Å². The summed E-state index contributed by atoms with van der Waals surface area (Å²) in [5.74, 6) is 0.415. The molecule has 0 aromatic rings. The van der Waals surface area contributed by atoms with Gasteiger partial charge in [-0.3, -0.25) is 4.79 Å². The monoisotopic (exact) mass is 173 g/mol. The number of nitrogens with two attached hydrogens (primary N) is 2. The van der Waals surface area contributed by atoms with Gasteiger partial charge in [0, 0.05) is 18.5 Å². The Labute approximate surface area is 69.6 Å². The Hall–Kier alpha value is -0.680. The highest BCUT2D eigenvalue weighted by Crippen LogP contribution is 2.21. The van der Waals surface area contributed by atoms with Crippen LogP contribution in [-0.2, 0) is 4.79 Å². The van der Waals surface area contributed by atoms with Crippen molar-refractivity contribution in [3.8, 4) is 0 Å². The predicted octanol–water partition coefficient (Wildman–Crippen LogP) is -0.722. The molecule has 0 saturated carbocycles. The average Bonchev–Trinajstić information content (AvgIpc) is 2.36. The first-order valence-corrected chi connectivity index (χ1v) is 4.37. The molecule has 4 N–H and O–H groups in total. The summed E-state index contributed by atoms with van der Waals surface area (Å²) in [7, 11) is 0. The van der Waals surface area contributed by atoms with E-state index < -0.39 is 0 Å². The number of hydrogen-bond acceptors (Lipinski definition) is 4. The third-order valence-corrected chi connectivity index (χ3v) is 2.27. The minimum atomic E-state index is -0.372. The lowest BCUT2D eigenvalue weighted by molar-refractivity contribution is -0.115. The van der Waals surface area contributed by atoms with Gasteiger partial charge in [-0.1, -0.05) is 0 Å². The molecule has 62 valence electrons. The SMILES string of the molecule is NCCN1CSC=C1C(N)=O. The molecule has 0 aliphatic carbocycles. The first-order chi connectivity index (χ1) is 5.25. The van der Waals surface area contributed by atoms with E-state index in [2.05, 4.69) is 0 Å². The summed E-state index contributed by atoms with van der Waals surface area (Å²) in [4.78, 5) is 12.6. The third kappa shape index (κ3) is 1.87. The van der Waals surface area contributed by atoms with Crippen LogP contribution in [0, 0.1) is 0 Å². The van der Waals surface area contributed by atoms with Gasteiger partial charge in [0.2, 0.25) is 0 Å². The van der Waals surface area contributed by atoms with Gasteiger partial charge in [-0.15, -0.1) is 11.8 Å². The number of carbonyl (C=O) groups is 1. The molecule has 11 heavy (non-hydrogen) atoms. The second kappa shape index (κ2) is 3.64. The van der Waals surface area contributed by atoms with Crippen LogP contribution in [0.4, 0.5) is 0 Å². The lowest BCUT2D eigenvalue weighted by Crippen LogP contribution is -2.32. The fourth-order valence-corrected chi connectivity index (χ4v) is 1.85. The number of hydrogen-bond donors (Lipinski definition) is 2. The molecule has 1 aliphatic heterocycles. The zero-order valence-corrected chi connectivity index (χ0v) is 6.93. The Morgan fingerprint density at radius 1 is 1.82 bits per heavy atom. The second-order valence-electron chi connectivity index (χ2n) is 2.22. The molecule has 1 aliphatic rings. The minimum Gasteiger partial charge on any atom is -0.364 e. The first kappa shape index (κ1) is 8.42. The molecule has 0 unspecified atom stereocenters. The van der Waals surface area contributed by atoms with Crippen LogP contribution in [0.25, 0.3) is 0 Å². The summed E-state index contributed by atoms with van der Waals surface area (Å²) >= 11 is 1.57. The summed E-state index contributed by atoms with van der Waals surface area (Å²) in [6, 6.07) is 0. The zero-order chi connectivity index (χ0) is 8.27. The first-order valence-electron chi connectivity index (χ1n) is 3.32. The average molecular weight is 173 g/mol. The maximum Gasteiger partial charge on any atom is 0.265 e. The van der Waals surface area contributed by atoms with Crippen LogP contribution < -0.4 is 11.5 Å². The summed E-state index contributed by atoms with van der Waals surface area (Å²) in [6.45, 7) is 1.24. The van der Waals surface area contributed by atoms with Crippen molar-refractivity contribution in [3.05, 3.63) is 11.1 Å². The van der Waals surface area contributed by atoms with E-state index in [0.29, 0.717) is 18.8 Å². The molecule has 0 radical (unpaired) electrons. The van der Waals surface area contributed by atoms with E-state index in [9.17, 15) is 4.79 Å². The molecule has 5 heteroatoms. The van der Waals surface area contributed by atoms with Crippen LogP contribution in [0.3, 0.4) is 0 Å². The Balaban J connectivity index is 2.55. The number of thioether (sulfide) groups is 1. The molecule has 4 nitrogen and oxygen atoms in total. The normalized spacial score (nSPS) is 16.8. The van der Waals surface area contributed by atoms with Crippen molar-refractivity contribution < 1.29 is 4.79 Å². The summed E-state index contributed by atoms with van der Waals surface area (Å²) < 4.78 is 0. The molecular weight excluding hydrogens is 162 g/mol. The van der Waals surface area contributed by atoms with E-state index >= 15 is 0 Å². The van der Waals surface area contributed by atoms with Gasteiger partial charge in [0.1, 0.15) is 5.70 Å². The number of carbonyl (C=O) groups excluding carboxylic acids is 1. The van der Waals surface area contributed by atoms with Crippen LogP contribution in [-0.4, -0.2) is 29.8 Å². The van der Waals surface area contributed by atoms with Crippen molar-refractivity contribution in [1.82, 2.24) is 4.90 Å². The Morgan fingerprint density at radius 3 is 3.09 bits per heavy atom. The van der Waals surface area contributed by atoms with Crippen molar-refractivity contribution >= 4 is 17.7 Å². The maximum atomic E-state index is 10.7. The third-order valence-electron chi connectivity index (χ3n) is 1.42. The highest BCUT2D eigenvalue weighted by Gasteiger charge is 2.18. The number of rotatable bonds is 3. The molecule has 1 amide bonds. The van der Waals surface area contributed by atoms with Crippen LogP contribution in [0.5, 0.6) is 0 Å². The van der Waals surface area contributed by atoms with Gasteiger partial charge in [0.15, 0.2) is 0 Å². The van der Waals surface area contributed by atoms with E-state index in [4.69, 9.17) is 11.5 Å². The summed E-state index contributed by atoms with van der Waals surface area (Å²) in [6.07, 6.45) is 0. The van der Waals surface area contributed by atoms with Gasteiger partial charge in [0.05, 0.1) is 5.88 Å². The number of nitrogens with zero attached hydrogens (tertiary/aromatic N) is 1. The molecule has 0 fully saturated rings. The standard InChI is InChI=1S/C6H11N3OS/c7-1-2-9-4-11-3-5(9)6(8)10/h3H,1-2,4,7H2,(H2,8,10). The van der Waals surface area contributed by atoms with Gasteiger partial charge >= 0.3 is 0 Å². The summed E-state index contributed by atoms with van der Waals surface area (Å²) in [5, 5.41) is 1.78. The highest BCUT2D eigenvalue weighted by atomic mass is 32.2. The fourth-order valence-electron chi connectivity index (χ4n) is 0.905. The minimum absolute atomic E-state index is 0.372. The van der Waals surface area contributed by atoms with Crippen molar-refractivity contribution in [2.75, 3.05) is 19.0 Å². The molecule has 1 heterocycles. The molecular formula is C6H11N3OS.